The first kappa shape index (κ1) is 27.9. The van der Waals surface area contributed by atoms with Gasteiger partial charge in [-0.05, 0) is 69.5 Å². The molecule has 0 saturated heterocycles. The van der Waals surface area contributed by atoms with Gasteiger partial charge in [-0.25, -0.2) is 4.79 Å². The molecule has 9 nitrogen and oxygen atoms in total. The van der Waals surface area contributed by atoms with E-state index in [9.17, 15) is 9.59 Å². The highest BCUT2D eigenvalue weighted by molar-refractivity contribution is 6.36. The number of halogens is 2. The topological polar surface area (TPSA) is 110 Å². The Balaban J connectivity index is 1.17. The molecule has 1 heterocycles. The summed E-state index contributed by atoms with van der Waals surface area (Å²) >= 11 is 12.0. The molecule has 1 aliphatic carbocycles. The van der Waals surface area contributed by atoms with Crippen LogP contribution in [-0.2, 0) is 4.79 Å². The molecule has 0 spiro atoms. The second-order valence-corrected chi connectivity index (χ2v) is 10.4. The molecule has 38 heavy (non-hydrogen) atoms. The van der Waals surface area contributed by atoms with Crippen molar-refractivity contribution in [1.82, 2.24) is 25.7 Å². The van der Waals surface area contributed by atoms with E-state index in [0.29, 0.717) is 27.6 Å². The van der Waals surface area contributed by atoms with Crippen LogP contribution in [0.5, 0.6) is 6.08 Å². The van der Waals surface area contributed by atoms with E-state index >= 15 is 0 Å². The lowest BCUT2D eigenvalue weighted by molar-refractivity contribution is -0.122. The molecule has 2 N–H and O–H groups in total. The fraction of sp³-hybridized carbons (Fsp3) is 0.407. The summed E-state index contributed by atoms with van der Waals surface area (Å²) in [5.41, 5.74) is 1.81. The van der Waals surface area contributed by atoms with E-state index < -0.39 is 6.09 Å². The van der Waals surface area contributed by atoms with Crippen molar-refractivity contribution in [3.63, 3.8) is 0 Å². The van der Waals surface area contributed by atoms with Crippen LogP contribution in [0.25, 0.3) is 11.4 Å². The van der Waals surface area contributed by atoms with Crippen LogP contribution in [0.15, 0.2) is 53.1 Å². The number of amides is 2. The van der Waals surface area contributed by atoms with E-state index in [-0.39, 0.29) is 36.8 Å². The zero-order valence-electron chi connectivity index (χ0n) is 21.3. The molecule has 0 radical (unpaired) electrons. The highest BCUT2D eigenvalue weighted by Gasteiger charge is 2.30. The van der Waals surface area contributed by atoms with Gasteiger partial charge in [-0.2, -0.15) is 4.98 Å². The number of hydrogen-bond donors (Lipinski definition) is 2. The Bertz CT molecular complexity index is 1230. The Labute approximate surface area is 231 Å². The first-order valence-corrected chi connectivity index (χ1v) is 13.3. The molecule has 1 saturated carbocycles. The van der Waals surface area contributed by atoms with Gasteiger partial charge in [0.2, 0.25) is 11.7 Å². The van der Waals surface area contributed by atoms with Crippen LogP contribution in [-0.4, -0.2) is 53.7 Å². The van der Waals surface area contributed by atoms with Gasteiger partial charge in [0, 0.05) is 35.6 Å². The number of aromatic nitrogens is 2. The largest absolute Gasteiger partial charge is 0.426 e. The molecule has 4 rings (SSSR count). The lowest BCUT2D eigenvalue weighted by atomic mass is 9.78. The van der Waals surface area contributed by atoms with Gasteiger partial charge in [-0.1, -0.05) is 58.7 Å². The summed E-state index contributed by atoms with van der Waals surface area (Å²) in [6, 6.07) is 15.9. The second-order valence-electron chi connectivity index (χ2n) is 9.57. The summed E-state index contributed by atoms with van der Waals surface area (Å²) < 4.78 is 9.96. The van der Waals surface area contributed by atoms with Crippen LogP contribution >= 0.6 is 23.2 Å². The molecule has 2 aromatic carbocycles. The molecule has 3 aromatic rings. The van der Waals surface area contributed by atoms with Crippen molar-refractivity contribution in [1.29, 1.82) is 0 Å². The normalized spacial score (nSPS) is 18.1. The van der Waals surface area contributed by atoms with Crippen molar-refractivity contribution in [2.45, 2.75) is 44.2 Å². The number of benzene rings is 2. The van der Waals surface area contributed by atoms with E-state index in [2.05, 4.69) is 64.0 Å². The van der Waals surface area contributed by atoms with Crippen molar-refractivity contribution in [3.8, 4) is 17.5 Å². The monoisotopic (exact) mass is 559 g/mol. The SMILES string of the molecule is CN(C)C(c1ccccc1)C1CCC(NC(=O)CCNC(=O)Oc2nc(-c3ccc(Cl)cc3Cl)no2)CC1. The van der Waals surface area contributed by atoms with Crippen molar-refractivity contribution in [2.24, 2.45) is 5.92 Å². The van der Waals surface area contributed by atoms with Gasteiger partial charge in [0.1, 0.15) is 0 Å². The third kappa shape index (κ3) is 7.46. The average molecular weight is 560 g/mol. The van der Waals surface area contributed by atoms with Crippen molar-refractivity contribution < 1.29 is 18.8 Å². The van der Waals surface area contributed by atoms with Gasteiger partial charge in [0.05, 0.1) is 5.02 Å². The molecule has 0 aliphatic heterocycles. The molecule has 1 unspecified atom stereocenters. The van der Waals surface area contributed by atoms with Gasteiger partial charge in [0.25, 0.3) is 0 Å². The zero-order chi connectivity index (χ0) is 27.1. The molecule has 1 fully saturated rings. The van der Waals surface area contributed by atoms with Gasteiger partial charge in [-0.3, -0.25) is 9.32 Å². The minimum Gasteiger partial charge on any atom is -0.359 e. The maximum absolute atomic E-state index is 12.4. The maximum Gasteiger partial charge on any atom is 0.426 e. The number of rotatable bonds is 9. The van der Waals surface area contributed by atoms with Crippen LogP contribution in [0.4, 0.5) is 4.79 Å². The van der Waals surface area contributed by atoms with E-state index in [1.807, 2.05) is 6.07 Å². The Hall–Kier alpha value is -3.14. The van der Waals surface area contributed by atoms with Gasteiger partial charge in [-0.15, -0.1) is 0 Å². The van der Waals surface area contributed by atoms with Crippen molar-refractivity contribution in [2.75, 3.05) is 20.6 Å². The number of hydrogen-bond acceptors (Lipinski definition) is 7. The first-order chi connectivity index (χ1) is 18.3. The van der Waals surface area contributed by atoms with E-state index in [1.54, 1.807) is 18.2 Å². The summed E-state index contributed by atoms with van der Waals surface area (Å²) in [4.78, 5) is 30.8. The summed E-state index contributed by atoms with van der Waals surface area (Å²) in [6.45, 7) is 0.112. The highest BCUT2D eigenvalue weighted by atomic mass is 35.5. The van der Waals surface area contributed by atoms with Crippen LogP contribution in [0.2, 0.25) is 10.0 Å². The quantitative estimate of drug-likeness (QED) is 0.356. The Kier molecular flexibility index (Phi) is 9.60. The third-order valence-electron chi connectivity index (χ3n) is 6.66. The summed E-state index contributed by atoms with van der Waals surface area (Å²) in [7, 11) is 4.24. The molecule has 0 bridgehead atoms. The van der Waals surface area contributed by atoms with Crippen LogP contribution in [0.3, 0.4) is 0 Å². The second kappa shape index (κ2) is 13.1. The summed E-state index contributed by atoms with van der Waals surface area (Å²) in [5.74, 6) is 0.584. The van der Waals surface area contributed by atoms with E-state index in [0.717, 1.165) is 25.7 Å². The number of carbonyl (C=O) groups excluding carboxylic acids is 2. The fourth-order valence-corrected chi connectivity index (χ4v) is 5.44. The maximum atomic E-state index is 12.4. The van der Waals surface area contributed by atoms with Crippen LogP contribution in [0.1, 0.15) is 43.7 Å². The molecule has 1 aliphatic rings. The molecular formula is C27H31Cl2N5O4. The standard InChI is InChI=1S/C27H31Cl2N5O4/c1-34(2)24(17-6-4-3-5-7-17)18-8-11-20(12-9-18)31-23(35)14-15-30-26(36)37-27-32-25(33-38-27)21-13-10-19(28)16-22(21)29/h3-7,10,13,16,18,20,24H,8-9,11-12,14-15H2,1-2H3,(H,30,36)(H,31,35). The molecule has 1 atom stereocenters. The summed E-state index contributed by atoms with van der Waals surface area (Å²) in [6.07, 6.45) is 2.94. The minimum absolute atomic E-state index is 0.112. The third-order valence-corrected chi connectivity index (χ3v) is 7.21. The first-order valence-electron chi connectivity index (χ1n) is 12.6. The predicted molar refractivity (Wildman–Crippen MR) is 145 cm³/mol. The van der Waals surface area contributed by atoms with Gasteiger partial charge >= 0.3 is 12.2 Å². The lowest BCUT2D eigenvalue weighted by Gasteiger charge is -2.37. The van der Waals surface area contributed by atoms with Crippen molar-refractivity contribution in [3.05, 3.63) is 64.1 Å². The van der Waals surface area contributed by atoms with Crippen molar-refractivity contribution >= 4 is 35.2 Å². The summed E-state index contributed by atoms with van der Waals surface area (Å²) in [5, 5.41) is 10.2. The molecule has 11 heteroatoms. The van der Waals surface area contributed by atoms with E-state index in [1.165, 1.54) is 5.56 Å². The van der Waals surface area contributed by atoms with Crippen LogP contribution < -0.4 is 15.4 Å². The molecule has 202 valence electrons. The average Bonchev–Trinajstić information content (AvgIpc) is 3.33. The van der Waals surface area contributed by atoms with Gasteiger partial charge < -0.3 is 20.3 Å². The minimum atomic E-state index is -0.800. The smallest absolute Gasteiger partial charge is 0.359 e. The fourth-order valence-electron chi connectivity index (χ4n) is 4.95. The number of nitrogens with zero attached hydrogens (tertiary/aromatic N) is 3. The van der Waals surface area contributed by atoms with E-state index in [4.69, 9.17) is 32.5 Å². The van der Waals surface area contributed by atoms with Gasteiger partial charge in [0.15, 0.2) is 0 Å². The molecule has 2 amide bonds. The van der Waals surface area contributed by atoms with Crippen LogP contribution in [0, 0.1) is 5.92 Å². The Morgan fingerprint density at radius 1 is 1.11 bits per heavy atom. The molecular weight excluding hydrogens is 529 g/mol. The highest BCUT2D eigenvalue weighted by Crippen LogP contribution is 2.37. The Morgan fingerprint density at radius 2 is 1.84 bits per heavy atom. The predicted octanol–water partition coefficient (Wildman–Crippen LogP) is 5.50. The molecule has 1 aromatic heterocycles. The number of carbonyl (C=O) groups is 2. The number of nitrogens with one attached hydrogen (secondary N) is 2. The Morgan fingerprint density at radius 3 is 2.53 bits per heavy atom. The lowest BCUT2D eigenvalue weighted by Crippen LogP contribution is -2.41. The zero-order valence-corrected chi connectivity index (χ0v) is 22.8. The number of ether oxygens (including phenoxy) is 1.